The summed E-state index contributed by atoms with van der Waals surface area (Å²) in [5.74, 6) is 1.77. The maximum Gasteiger partial charge on any atom is 0.138 e. The molecule has 0 unspecified atom stereocenters. The summed E-state index contributed by atoms with van der Waals surface area (Å²) in [7, 11) is 0. The minimum absolute atomic E-state index is 0.328. The normalized spacial score (nSPS) is 17.0. The van der Waals surface area contributed by atoms with Gasteiger partial charge >= 0.3 is 0 Å². The number of nitrogens with zero attached hydrogens (tertiary/aromatic N) is 1. The van der Waals surface area contributed by atoms with Crippen LogP contribution in [0.5, 0.6) is 5.75 Å². The molecule has 0 bridgehead atoms. The zero-order chi connectivity index (χ0) is 11.7. The summed E-state index contributed by atoms with van der Waals surface area (Å²) < 4.78 is 5.82. The van der Waals surface area contributed by atoms with Gasteiger partial charge in [0.25, 0.3) is 0 Å². The Balaban J connectivity index is 1.77. The number of para-hydroxylation sites is 1. The molecule has 2 aromatic rings. The van der Waals surface area contributed by atoms with Crippen molar-refractivity contribution in [1.82, 2.24) is 4.98 Å². The van der Waals surface area contributed by atoms with Gasteiger partial charge in [-0.25, -0.2) is 0 Å². The van der Waals surface area contributed by atoms with Crippen LogP contribution in [0.25, 0.3) is 10.9 Å². The number of thiol groups is 1. The molecule has 1 fully saturated rings. The standard InChI is InChI=1S/C14H15NOS/c17-10-14(5-6-14)9-16-12-7-11-3-1-2-4-13(11)15-8-12/h1-4,7-8,17H,5-6,9-10H2. The van der Waals surface area contributed by atoms with Crippen LogP contribution in [0.2, 0.25) is 0 Å². The third-order valence-corrected chi connectivity index (χ3v) is 4.07. The molecule has 0 N–H and O–H groups in total. The predicted molar refractivity (Wildman–Crippen MR) is 72.8 cm³/mol. The zero-order valence-electron chi connectivity index (χ0n) is 9.60. The zero-order valence-corrected chi connectivity index (χ0v) is 10.5. The van der Waals surface area contributed by atoms with Gasteiger partial charge in [0, 0.05) is 10.8 Å². The molecule has 0 atom stereocenters. The molecule has 1 saturated carbocycles. The molecule has 3 heteroatoms. The summed E-state index contributed by atoms with van der Waals surface area (Å²) in [6.07, 6.45) is 4.27. The van der Waals surface area contributed by atoms with Gasteiger partial charge in [-0.15, -0.1) is 0 Å². The Kier molecular flexibility index (Phi) is 2.71. The number of ether oxygens (including phenoxy) is 1. The van der Waals surface area contributed by atoms with Crippen LogP contribution in [-0.2, 0) is 0 Å². The number of benzene rings is 1. The molecule has 1 aromatic heterocycles. The van der Waals surface area contributed by atoms with Crippen molar-refractivity contribution in [1.29, 1.82) is 0 Å². The first-order chi connectivity index (χ1) is 8.31. The molecule has 0 spiro atoms. The van der Waals surface area contributed by atoms with Crippen molar-refractivity contribution in [2.75, 3.05) is 12.4 Å². The quantitative estimate of drug-likeness (QED) is 0.835. The van der Waals surface area contributed by atoms with Crippen LogP contribution in [0.3, 0.4) is 0 Å². The second-order valence-electron chi connectivity index (χ2n) is 4.81. The van der Waals surface area contributed by atoms with E-state index in [1.807, 2.05) is 18.2 Å². The van der Waals surface area contributed by atoms with Crippen molar-refractivity contribution >= 4 is 23.5 Å². The van der Waals surface area contributed by atoms with E-state index in [9.17, 15) is 0 Å². The lowest BCUT2D eigenvalue weighted by atomic mass is 10.1. The molecular formula is C14H15NOS. The van der Waals surface area contributed by atoms with Crippen molar-refractivity contribution in [2.45, 2.75) is 12.8 Å². The van der Waals surface area contributed by atoms with Crippen molar-refractivity contribution in [2.24, 2.45) is 5.41 Å². The monoisotopic (exact) mass is 245 g/mol. The van der Waals surface area contributed by atoms with Crippen molar-refractivity contribution in [3.8, 4) is 5.75 Å². The fourth-order valence-electron chi connectivity index (χ4n) is 1.89. The van der Waals surface area contributed by atoms with Crippen LogP contribution >= 0.6 is 12.6 Å². The van der Waals surface area contributed by atoms with E-state index in [-0.39, 0.29) is 0 Å². The molecular weight excluding hydrogens is 230 g/mol. The van der Waals surface area contributed by atoms with E-state index in [1.54, 1.807) is 6.20 Å². The van der Waals surface area contributed by atoms with Crippen molar-refractivity contribution in [3.63, 3.8) is 0 Å². The van der Waals surface area contributed by atoms with Gasteiger partial charge in [-0.1, -0.05) is 18.2 Å². The van der Waals surface area contributed by atoms with E-state index in [2.05, 4.69) is 29.7 Å². The number of hydrogen-bond donors (Lipinski definition) is 1. The fourth-order valence-corrected chi connectivity index (χ4v) is 2.30. The maximum atomic E-state index is 5.82. The second-order valence-corrected chi connectivity index (χ2v) is 5.13. The van der Waals surface area contributed by atoms with E-state index in [0.717, 1.165) is 29.0 Å². The first-order valence-electron chi connectivity index (χ1n) is 5.90. The Morgan fingerprint density at radius 1 is 1.29 bits per heavy atom. The lowest BCUT2D eigenvalue weighted by Gasteiger charge is -2.13. The summed E-state index contributed by atoms with van der Waals surface area (Å²) in [6.45, 7) is 0.760. The van der Waals surface area contributed by atoms with Gasteiger partial charge in [0.15, 0.2) is 0 Å². The Bertz CT molecular complexity index is 536. The largest absolute Gasteiger partial charge is 0.491 e. The first kappa shape index (κ1) is 10.9. The fraction of sp³-hybridized carbons (Fsp3) is 0.357. The van der Waals surface area contributed by atoms with Gasteiger partial charge in [-0.05, 0) is 30.7 Å². The molecule has 0 aliphatic heterocycles. The topological polar surface area (TPSA) is 22.1 Å². The number of pyridine rings is 1. The van der Waals surface area contributed by atoms with Crippen LogP contribution in [0.15, 0.2) is 36.5 Å². The molecule has 1 heterocycles. The lowest BCUT2D eigenvalue weighted by Crippen LogP contribution is -2.14. The first-order valence-corrected chi connectivity index (χ1v) is 6.53. The van der Waals surface area contributed by atoms with E-state index < -0.39 is 0 Å². The molecule has 17 heavy (non-hydrogen) atoms. The second kappa shape index (κ2) is 4.22. The minimum atomic E-state index is 0.328. The van der Waals surface area contributed by atoms with Crippen LogP contribution in [0.1, 0.15) is 12.8 Å². The number of hydrogen-bond acceptors (Lipinski definition) is 3. The Hall–Kier alpha value is -1.22. The van der Waals surface area contributed by atoms with Gasteiger partial charge in [-0.3, -0.25) is 4.98 Å². The molecule has 88 valence electrons. The third-order valence-electron chi connectivity index (χ3n) is 3.40. The summed E-state index contributed by atoms with van der Waals surface area (Å²) in [5.41, 5.74) is 1.34. The van der Waals surface area contributed by atoms with Gasteiger partial charge in [-0.2, -0.15) is 12.6 Å². The Labute approximate surface area is 106 Å². The van der Waals surface area contributed by atoms with Crippen LogP contribution in [0.4, 0.5) is 0 Å². The SMILES string of the molecule is SCC1(COc2cnc3ccccc3c2)CC1. The highest BCUT2D eigenvalue weighted by atomic mass is 32.1. The number of rotatable bonds is 4. The van der Waals surface area contributed by atoms with E-state index in [4.69, 9.17) is 4.74 Å². The van der Waals surface area contributed by atoms with Crippen molar-refractivity contribution in [3.05, 3.63) is 36.5 Å². The molecule has 0 radical (unpaired) electrons. The van der Waals surface area contributed by atoms with Crippen LogP contribution in [-0.4, -0.2) is 17.3 Å². The Morgan fingerprint density at radius 3 is 2.88 bits per heavy atom. The summed E-state index contributed by atoms with van der Waals surface area (Å²) in [4.78, 5) is 4.38. The molecule has 3 rings (SSSR count). The van der Waals surface area contributed by atoms with Crippen LogP contribution < -0.4 is 4.74 Å². The van der Waals surface area contributed by atoms with Gasteiger partial charge < -0.3 is 4.74 Å². The predicted octanol–water partition coefficient (Wildman–Crippen LogP) is 3.32. The summed E-state index contributed by atoms with van der Waals surface area (Å²) in [6, 6.07) is 10.1. The molecule has 1 aromatic carbocycles. The Morgan fingerprint density at radius 2 is 2.12 bits per heavy atom. The number of aromatic nitrogens is 1. The number of fused-ring (bicyclic) bond motifs is 1. The summed E-state index contributed by atoms with van der Waals surface area (Å²) >= 11 is 4.37. The smallest absolute Gasteiger partial charge is 0.138 e. The van der Waals surface area contributed by atoms with E-state index >= 15 is 0 Å². The van der Waals surface area contributed by atoms with Gasteiger partial charge in [0.2, 0.25) is 0 Å². The average molecular weight is 245 g/mol. The molecule has 0 amide bonds. The van der Waals surface area contributed by atoms with Gasteiger partial charge in [0.05, 0.1) is 18.3 Å². The highest BCUT2D eigenvalue weighted by Gasteiger charge is 2.42. The third kappa shape index (κ3) is 2.25. The highest BCUT2D eigenvalue weighted by molar-refractivity contribution is 7.80. The molecule has 2 nitrogen and oxygen atoms in total. The molecule has 0 saturated heterocycles. The van der Waals surface area contributed by atoms with Gasteiger partial charge in [0.1, 0.15) is 5.75 Å². The average Bonchev–Trinajstić information content (AvgIpc) is 3.17. The van der Waals surface area contributed by atoms with Crippen molar-refractivity contribution < 1.29 is 4.74 Å². The van der Waals surface area contributed by atoms with Crippen LogP contribution in [0, 0.1) is 5.41 Å². The molecule has 1 aliphatic carbocycles. The highest BCUT2D eigenvalue weighted by Crippen LogP contribution is 2.46. The van der Waals surface area contributed by atoms with E-state index in [0.29, 0.717) is 5.41 Å². The molecule has 1 aliphatic rings. The van der Waals surface area contributed by atoms with E-state index in [1.165, 1.54) is 12.8 Å². The lowest BCUT2D eigenvalue weighted by molar-refractivity contribution is 0.250. The summed E-state index contributed by atoms with van der Waals surface area (Å²) in [5, 5.41) is 1.13. The minimum Gasteiger partial charge on any atom is -0.491 e. The maximum absolute atomic E-state index is 5.82.